The van der Waals surface area contributed by atoms with Gasteiger partial charge < -0.3 is 10.1 Å². The number of ether oxygens (including phenoxy) is 1. The van der Waals surface area contributed by atoms with Gasteiger partial charge in [-0.2, -0.15) is 0 Å². The van der Waals surface area contributed by atoms with E-state index in [9.17, 15) is 4.79 Å². The first-order valence-corrected chi connectivity index (χ1v) is 9.37. The zero-order valence-corrected chi connectivity index (χ0v) is 14.9. The van der Waals surface area contributed by atoms with Gasteiger partial charge in [-0.1, -0.05) is 0 Å². The molecule has 1 N–H and O–H groups in total. The molecule has 2 heterocycles. The molecule has 0 unspecified atom stereocenters. The molecule has 0 spiro atoms. The first-order chi connectivity index (χ1) is 12.3. The van der Waals surface area contributed by atoms with E-state index in [2.05, 4.69) is 15.3 Å². The monoisotopic (exact) mass is 353 g/mol. The van der Waals surface area contributed by atoms with Gasteiger partial charge in [0.05, 0.1) is 17.6 Å². The summed E-state index contributed by atoms with van der Waals surface area (Å²) >= 11 is 1.78. The number of fused-ring (bicyclic) bond motifs is 3. The maximum absolute atomic E-state index is 11.8. The van der Waals surface area contributed by atoms with Crippen LogP contribution in [0, 0.1) is 0 Å². The van der Waals surface area contributed by atoms with Crippen LogP contribution >= 0.6 is 11.3 Å². The summed E-state index contributed by atoms with van der Waals surface area (Å²) in [5.41, 5.74) is 2.84. The molecule has 1 aliphatic carbocycles. The largest absolute Gasteiger partial charge is 0.462 e. The predicted molar refractivity (Wildman–Crippen MR) is 99.7 cm³/mol. The van der Waals surface area contributed by atoms with Gasteiger partial charge in [0.2, 0.25) is 0 Å². The number of carbonyl (C=O) groups excluding carboxylic acids is 1. The second-order valence-electron chi connectivity index (χ2n) is 6.04. The summed E-state index contributed by atoms with van der Waals surface area (Å²) in [4.78, 5) is 23.2. The summed E-state index contributed by atoms with van der Waals surface area (Å²) < 4.78 is 5.02. The van der Waals surface area contributed by atoms with Crippen molar-refractivity contribution < 1.29 is 9.53 Å². The third kappa shape index (κ3) is 3.09. The van der Waals surface area contributed by atoms with Gasteiger partial charge in [0.25, 0.3) is 0 Å². The molecule has 0 saturated heterocycles. The molecule has 0 saturated carbocycles. The topological polar surface area (TPSA) is 64.1 Å². The molecular weight excluding hydrogens is 334 g/mol. The number of nitrogens with zero attached hydrogens (tertiary/aromatic N) is 2. The van der Waals surface area contributed by atoms with Gasteiger partial charge in [-0.3, -0.25) is 0 Å². The standard InChI is InChI=1S/C19H19N3O2S/c1-2-24-19(23)12-7-9-13(10-8-12)22-17-16-14-5-3-4-6-15(14)25-18(16)21-11-20-17/h7-11H,2-6H2,1H3,(H,20,21,22). The van der Waals surface area contributed by atoms with Crippen molar-refractivity contribution in [3.63, 3.8) is 0 Å². The molecule has 0 fully saturated rings. The van der Waals surface area contributed by atoms with Crippen molar-refractivity contribution in [1.82, 2.24) is 9.97 Å². The number of hydrogen-bond donors (Lipinski definition) is 1. The van der Waals surface area contributed by atoms with E-state index in [0.717, 1.165) is 34.6 Å². The zero-order valence-electron chi connectivity index (χ0n) is 14.0. The Balaban J connectivity index is 1.64. The molecule has 0 atom stereocenters. The smallest absolute Gasteiger partial charge is 0.338 e. The quantitative estimate of drug-likeness (QED) is 0.700. The lowest BCUT2D eigenvalue weighted by atomic mass is 9.97. The molecule has 0 amide bonds. The Morgan fingerprint density at radius 3 is 2.80 bits per heavy atom. The van der Waals surface area contributed by atoms with E-state index in [1.54, 1.807) is 36.7 Å². The maximum atomic E-state index is 11.8. The van der Waals surface area contributed by atoms with E-state index in [1.807, 2.05) is 12.1 Å². The number of nitrogens with one attached hydrogen (secondary N) is 1. The van der Waals surface area contributed by atoms with Crippen LogP contribution in [0.3, 0.4) is 0 Å². The molecule has 1 aromatic carbocycles. The summed E-state index contributed by atoms with van der Waals surface area (Å²) in [6, 6.07) is 7.28. The van der Waals surface area contributed by atoms with Crippen LogP contribution < -0.4 is 5.32 Å². The number of thiophene rings is 1. The molecule has 128 valence electrons. The van der Waals surface area contributed by atoms with Crippen LogP contribution in [0.25, 0.3) is 10.2 Å². The van der Waals surface area contributed by atoms with E-state index in [0.29, 0.717) is 12.2 Å². The van der Waals surface area contributed by atoms with Crippen LogP contribution in [0.5, 0.6) is 0 Å². The highest BCUT2D eigenvalue weighted by Gasteiger charge is 2.19. The van der Waals surface area contributed by atoms with Gasteiger partial charge in [0, 0.05) is 10.6 Å². The molecule has 0 radical (unpaired) electrons. The Labute approximate surface area is 150 Å². The van der Waals surface area contributed by atoms with Gasteiger partial charge in [0.1, 0.15) is 17.0 Å². The molecule has 0 aliphatic heterocycles. The fourth-order valence-electron chi connectivity index (χ4n) is 3.23. The summed E-state index contributed by atoms with van der Waals surface area (Å²) in [6.07, 6.45) is 6.33. The highest BCUT2D eigenvalue weighted by atomic mass is 32.1. The Kier molecular flexibility index (Phi) is 4.36. The van der Waals surface area contributed by atoms with Gasteiger partial charge in [-0.05, 0) is 62.4 Å². The summed E-state index contributed by atoms with van der Waals surface area (Å²) in [6.45, 7) is 2.18. The minimum Gasteiger partial charge on any atom is -0.462 e. The van der Waals surface area contributed by atoms with Crippen molar-refractivity contribution in [1.29, 1.82) is 0 Å². The number of aryl methyl sites for hydroxylation is 2. The van der Waals surface area contributed by atoms with Crippen LogP contribution in [0.4, 0.5) is 11.5 Å². The van der Waals surface area contributed by atoms with Gasteiger partial charge in [-0.25, -0.2) is 14.8 Å². The van der Waals surface area contributed by atoms with E-state index >= 15 is 0 Å². The molecular formula is C19H19N3O2S. The number of hydrogen-bond acceptors (Lipinski definition) is 6. The highest BCUT2D eigenvalue weighted by molar-refractivity contribution is 7.19. The Hall–Kier alpha value is -2.47. The zero-order chi connectivity index (χ0) is 17.2. The third-order valence-electron chi connectivity index (χ3n) is 4.41. The molecule has 25 heavy (non-hydrogen) atoms. The average molecular weight is 353 g/mol. The fraction of sp³-hybridized carbons (Fsp3) is 0.316. The lowest BCUT2D eigenvalue weighted by molar-refractivity contribution is 0.0526. The minimum absolute atomic E-state index is 0.301. The lowest BCUT2D eigenvalue weighted by Crippen LogP contribution is -2.04. The second-order valence-corrected chi connectivity index (χ2v) is 7.12. The molecule has 6 heteroatoms. The van der Waals surface area contributed by atoms with Crippen LogP contribution in [0.2, 0.25) is 0 Å². The van der Waals surface area contributed by atoms with Crippen molar-refractivity contribution in [2.45, 2.75) is 32.6 Å². The van der Waals surface area contributed by atoms with Gasteiger partial charge >= 0.3 is 5.97 Å². The number of esters is 1. The number of benzene rings is 1. The van der Waals surface area contributed by atoms with Crippen molar-refractivity contribution in [3.8, 4) is 0 Å². The van der Waals surface area contributed by atoms with E-state index in [4.69, 9.17) is 4.74 Å². The first kappa shape index (κ1) is 16.0. The van der Waals surface area contributed by atoms with Crippen LogP contribution in [-0.4, -0.2) is 22.5 Å². The lowest BCUT2D eigenvalue weighted by Gasteiger charge is -2.12. The van der Waals surface area contributed by atoms with Crippen LogP contribution in [0.1, 0.15) is 40.6 Å². The average Bonchev–Trinajstić information content (AvgIpc) is 3.02. The van der Waals surface area contributed by atoms with E-state index in [-0.39, 0.29) is 5.97 Å². The molecule has 4 rings (SSSR count). The molecule has 2 aromatic heterocycles. The molecule has 5 nitrogen and oxygen atoms in total. The Morgan fingerprint density at radius 2 is 2.00 bits per heavy atom. The SMILES string of the molecule is CCOC(=O)c1ccc(Nc2ncnc3sc4c(c23)CCCC4)cc1. The van der Waals surface area contributed by atoms with Crippen molar-refractivity contribution in [2.24, 2.45) is 0 Å². The number of carbonyl (C=O) groups is 1. The predicted octanol–water partition coefficient (Wildman–Crippen LogP) is 4.49. The van der Waals surface area contributed by atoms with Crippen molar-refractivity contribution >= 4 is 39.0 Å². The van der Waals surface area contributed by atoms with E-state index in [1.165, 1.54) is 23.3 Å². The summed E-state index contributed by atoms with van der Waals surface area (Å²) in [5.74, 6) is 0.540. The molecule has 0 bridgehead atoms. The van der Waals surface area contributed by atoms with Crippen molar-refractivity contribution in [2.75, 3.05) is 11.9 Å². The fourth-order valence-corrected chi connectivity index (χ4v) is 4.45. The number of aromatic nitrogens is 2. The number of rotatable bonds is 4. The van der Waals surface area contributed by atoms with Crippen molar-refractivity contribution in [3.05, 3.63) is 46.6 Å². The van der Waals surface area contributed by atoms with Gasteiger partial charge in [-0.15, -0.1) is 11.3 Å². The minimum atomic E-state index is -0.301. The van der Waals surface area contributed by atoms with E-state index < -0.39 is 0 Å². The first-order valence-electron chi connectivity index (χ1n) is 8.55. The molecule has 3 aromatic rings. The third-order valence-corrected chi connectivity index (χ3v) is 5.61. The summed E-state index contributed by atoms with van der Waals surface area (Å²) in [7, 11) is 0. The number of anilines is 2. The van der Waals surface area contributed by atoms with Gasteiger partial charge in [0.15, 0.2) is 0 Å². The molecule has 1 aliphatic rings. The van der Waals surface area contributed by atoms with Crippen LogP contribution in [0.15, 0.2) is 30.6 Å². The van der Waals surface area contributed by atoms with Crippen LogP contribution in [-0.2, 0) is 17.6 Å². The highest BCUT2D eigenvalue weighted by Crippen LogP contribution is 2.38. The maximum Gasteiger partial charge on any atom is 0.338 e. The summed E-state index contributed by atoms with van der Waals surface area (Å²) in [5, 5.41) is 4.53. The normalized spacial score (nSPS) is 13.5. The Morgan fingerprint density at radius 1 is 1.20 bits per heavy atom. The second kappa shape index (κ2) is 6.80. The Bertz CT molecular complexity index is 918.